The first-order valence-electron chi connectivity index (χ1n) is 6.39. The van der Waals surface area contributed by atoms with Crippen LogP contribution in [0.1, 0.15) is 46.0 Å². The normalized spacial score (nSPS) is 10.1. The van der Waals surface area contributed by atoms with Gasteiger partial charge in [0.2, 0.25) is 5.91 Å². The SMILES string of the molecule is C=C(CCCNCCC)C(=O)NCCCC. The lowest BCUT2D eigenvalue weighted by Crippen LogP contribution is -2.26. The number of amides is 1. The van der Waals surface area contributed by atoms with E-state index in [9.17, 15) is 4.79 Å². The number of unbranched alkanes of at least 4 members (excludes halogenated alkanes) is 1. The average Bonchev–Trinajstić information content (AvgIpc) is 2.28. The van der Waals surface area contributed by atoms with Gasteiger partial charge in [-0.2, -0.15) is 0 Å². The highest BCUT2D eigenvalue weighted by Gasteiger charge is 2.04. The number of carbonyl (C=O) groups excluding carboxylic acids is 1. The molecule has 0 aliphatic rings. The van der Waals surface area contributed by atoms with E-state index < -0.39 is 0 Å². The Hall–Kier alpha value is -0.830. The maximum atomic E-state index is 11.5. The van der Waals surface area contributed by atoms with Gasteiger partial charge in [0.25, 0.3) is 0 Å². The molecule has 0 heterocycles. The molecule has 0 aromatic carbocycles. The van der Waals surface area contributed by atoms with E-state index in [-0.39, 0.29) is 5.91 Å². The minimum absolute atomic E-state index is 0.0175. The Morgan fingerprint density at radius 3 is 2.44 bits per heavy atom. The van der Waals surface area contributed by atoms with Gasteiger partial charge in [-0.15, -0.1) is 0 Å². The predicted octanol–water partition coefficient (Wildman–Crippen LogP) is 2.24. The van der Waals surface area contributed by atoms with Gasteiger partial charge in [-0.3, -0.25) is 4.79 Å². The van der Waals surface area contributed by atoms with E-state index in [0.717, 1.165) is 51.7 Å². The molecule has 0 aromatic rings. The van der Waals surface area contributed by atoms with Gasteiger partial charge in [0.15, 0.2) is 0 Å². The fraction of sp³-hybridized carbons (Fsp3) is 0.769. The van der Waals surface area contributed by atoms with Crippen LogP contribution in [0.25, 0.3) is 0 Å². The zero-order valence-electron chi connectivity index (χ0n) is 10.8. The lowest BCUT2D eigenvalue weighted by atomic mass is 10.1. The Bertz CT molecular complexity index is 202. The highest BCUT2D eigenvalue weighted by atomic mass is 16.1. The van der Waals surface area contributed by atoms with Gasteiger partial charge in [0.1, 0.15) is 0 Å². The van der Waals surface area contributed by atoms with Gasteiger partial charge in [0, 0.05) is 12.1 Å². The van der Waals surface area contributed by atoms with Crippen molar-refractivity contribution in [2.24, 2.45) is 0 Å². The van der Waals surface area contributed by atoms with Crippen molar-refractivity contribution < 1.29 is 4.79 Å². The minimum Gasteiger partial charge on any atom is -0.352 e. The van der Waals surface area contributed by atoms with Crippen LogP contribution in [-0.4, -0.2) is 25.5 Å². The lowest BCUT2D eigenvalue weighted by molar-refractivity contribution is -0.117. The molecule has 3 nitrogen and oxygen atoms in total. The molecule has 94 valence electrons. The topological polar surface area (TPSA) is 41.1 Å². The van der Waals surface area contributed by atoms with E-state index in [1.165, 1.54) is 0 Å². The van der Waals surface area contributed by atoms with Crippen molar-refractivity contribution in [3.8, 4) is 0 Å². The first-order chi connectivity index (χ1) is 7.72. The summed E-state index contributed by atoms with van der Waals surface area (Å²) in [6.07, 6.45) is 5.07. The van der Waals surface area contributed by atoms with Crippen molar-refractivity contribution in [3.05, 3.63) is 12.2 Å². The monoisotopic (exact) mass is 226 g/mol. The summed E-state index contributed by atoms with van der Waals surface area (Å²) in [4.78, 5) is 11.5. The molecule has 0 bridgehead atoms. The molecule has 2 N–H and O–H groups in total. The van der Waals surface area contributed by atoms with Crippen molar-refractivity contribution in [2.75, 3.05) is 19.6 Å². The van der Waals surface area contributed by atoms with Crippen LogP contribution in [-0.2, 0) is 4.79 Å². The first-order valence-corrected chi connectivity index (χ1v) is 6.39. The molecule has 1 amide bonds. The van der Waals surface area contributed by atoms with Crippen molar-refractivity contribution in [1.82, 2.24) is 10.6 Å². The van der Waals surface area contributed by atoms with E-state index in [0.29, 0.717) is 5.57 Å². The predicted molar refractivity (Wildman–Crippen MR) is 69.5 cm³/mol. The van der Waals surface area contributed by atoms with Crippen LogP contribution in [0.4, 0.5) is 0 Å². The number of hydrogen-bond donors (Lipinski definition) is 2. The molecule has 0 unspecified atom stereocenters. The Morgan fingerprint density at radius 1 is 1.06 bits per heavy atom. The third-order valence-electron chi connectivity index (χ3n) is 2.40. The maximum absolute atomic E-state index is 11.5. The fourth-order valence-corrected chi connectivity index (χ4v) is 1.35. The van der Waals surface area contributed by atoms with Crippen LogP contribution in [0, 0.1) is 0 Å². The minimum atomic E-state index is 0.0175. The zero-order chi connectivity index (χ0) is 12.2. The molecular weight excluding hydrogens is 200 g/mol. The number of nitrogens with one attached hydrogen (secondary N) is 2. The van der Waals surface area contributed by atoms with Crippen LogP contribution in [0.2, 0.25) is 0 Å². The molecule has 0 atom stereocenters. The molecule has 3 heteroatoms. The summed E-state index contributed by atoms with van der Waals surface area (Å²) in [6, 6.07) is 0. The average molecular weight is 226 g/mol. The van der Waals surface area contributed by atoms with Gasteiger partial charge in [-0.25, -0.2) is 0 Å². The number of carbonyl (C=O) groups is 1. The Labute approximate surface area is 99.7 Å². The smallest absolute Gasteiger partial charge is 0.246 e. The van der Waals surface area contributed by atoms with Crippen LogP contribution in [0.3, 0.4) is 0 Å². The van der Waals surface area contributed by atoms with E-state index in [1.807, 2.05) is 0 Å². The largest absolute Gasteiger partial charge is 0.352 e. The molecular formula is C13H26N2O. The molecule has 0 aromatic heterocycles. The van der Waals surface area contributed by atoms with Crippen LogP contribution < -0.4 is 10.6 Å². The summed E-state index contributed by atoms with van der Waals surface area (Å²) < 4.78 is 0. The van der Waals surface area contributed by atoms with E-state index in [1.54, 1.807) is 0 Å². The highest BCUT2D eigenvalue weighted by molar-refractivity contribution is 5.92. The third-order valence-corrected chi connectivity index (χ3v) is 2.40. The van der Waals surface area contributed by atoms with Crippen molar-refractivity contribution >= 4 is 5.91 Å². The third kappa shape index (κ3) is 8.48. The molecule has 0 aliphatic carbocycles. The molecule has 16 heavy (non-hydrogen) atoms. The number of hydrogen-bond acceptors (Lipinski definition) is 2. The van der Waals surface area contributed by atoms with Gasteiger partial charge in [-0.1, -0.05) is 26.8 Å². The van der Waals surface area contributed by atoms with Gasteiger partial charge in [-0.05, 0) is 38.8 Å². The van der Waals surface area contributed by atoms with Crippen LogP contribution in [0.5, 0.6) is 0 Å². The summed E-state index contributed by atoms with van der Waals surface area (Å²) in [7, 11) is 0. The van der Waals surface area contributed by atoms with Crippen molar-refractivity contribution in [2.45, 2.75) is 46.0 Å². The molecule has 0 fully saturated rings. The zero-order valence-corrected chi connectivity index (χ0v) is 10.8. The Balaban J connectivity index is 3.44. The maximum Gasteiger partial charge on any atom is 0.246 e. The Kier molecular flexibility index (Phi) is 10.1. The second kappa shape index (κ2) is 10.7. The van der Waals surface area contributed by atoms with E-state index in [4.69, 9.17) is 0 Å². The summed E-state index contributed by atoms with van der Waals surface area (Å²) >= 11 is 0. The fourth-order valence-electron chi connectivity index (χ4n) is 1.35. The molecule has 0 spiro atoms. The highest BCUT2D eigenvalue weighted by Crippen LogP contribution is 2.01. The van der Waals surface area contributed by atoms with E-state index >= 15 is 0 Å². The van der Waals surface area contributed by atoms with Gasteiger partial charge in [0.05, 0.1) is 0 Å². The first kappa shape index (κ1) is 15.2. The summed E-state index contributed by atoms with van der Waals surface area (Å²) in [5.41, 5.74) is 0.703. The summed E-state index contributed by atoms with van der Waals surface area (Å²) in [5.74, 6) is 0.0175. The summed E-state index contributed by atoms with van der Waals surface area (Å²) in [6.45, 7) is 10.9. The molecule has 0 radical (unpaired) electrons. The van der Waals surface area contributed by atoms with Gasteiger partial charge < -0.3 is 10.6 Å². The molecule has 0 rings (SSSR count). The lowest BCUT2D eigenvalue weighted by Gasteiger charge is -2.07. The van der Waals surface area contributed by atoms with Gasteiger partial charge >= 0.3 is 0 Å². The molecule has 0 saturated heterocycles. The second-order valence-corrected chi connectivity index (χ2v) is 4.07. The van der Waals surface area contributed by atoms with Crippen LogP contribution in [0.15, 0.2) is 12.2 Å². The Morgan fingerprint density at radius 2 is 1.81 bits per heavy atom. The molecule has 0 aliphatic heterocycles. The van der Waals surface area contributed by atoms with Crippen molar-refractivity contribution in [3.63, 3.8) is 0 Å². The van der Waals surface area contributed by atoms with E-state index in [2.05, 4.69) is 31.1 Å². The summed E-state index contributed by atoms with van der Waals surface area (Å²) in [5, 5.41) is 6.19. The van der Waals surface area contributed by atoms with Crippen molar-refractivity contribution in [1.29, 1.82) is 0 Å². The second-order valence-electron chi connectivity index (χ2n) is 4.07. The number of rotatable bonds is 10. The quantitative estimate of drug-likeness (QED) is 0.443. The van der Waals surface area contributed by atoms with Crippen LogP contribution >= 0.6 is 0 Å². The molecule has 0 saturated carbocycles. The standard InChI is InChI=1S/C13H26N2O/c1-4-6-11-15-13(16)12(3)8-7-10-14-9-5-2/h14H,3-11H2,1-2H3,(H,15,16).